The van der Waals surface area contributed by atoms with Crippen LogP contribution in [0.3, 0.4) is 0 Å². The summed E-state index contributed by atoms with van der Waals surface area (Å²) >= 11 is 0. The Morgan fingerprint density at radius 3 is 2.66 bits per heavy atom. The molecule has 1 amide bonds. The quantitative estimate of drug-likeness (QED) is 0.469. The molecule has 0 saturated carbocycles. The molecule has 172 valence electrons. The first kappa shape index (κ1) is 22.1. The molecule has 2 saturated heterocycles. The summed E-state index contributed by atoms with van der Waals surface area (Å²) in [6.07, 6.45) is 4.44. The smallest absolute Gasteiger partial charge is 0.360 e. The fraction of sp³-hybridized carbons (Fsp3) is 0.545. The first-order chi connectivity index (χ1) is 15.5. The molecule has 0 unspecified atom stereocenters. The van der Waals surface area contributed by atoms with Crippen LogP contribution in [0.25, 0.3) is 5.65 Å². The zero-order valence-corrected chi connectivity index (χ0v) is 18.5. The van der Waals surface area contributed by atoms with Crippen molar-refractivity contribution >= 4 is 28.9 Å². The average Bonchev–Trinajstić information content (AvgIpc) is 3.25. The molecule has 10 nitrogen and oxygen atoms in total. The molecule has 2 aliphatic rings. The van der Waals surface area contributed by atoms with Crippen LogP contribution in [0.15, 0.2) is 17.1 Å². The van der Waals surface area contributed by atoms with Crippen LogP contribution in [-0.2, 0) is 14.3 Å². The number of unbranched alkanes of at least 4 members (excludes halogenated alkanes) is 1. The normalized spacial score (nSPS) is 16.6. The minimum atomic E-state index is -0.757. The lowest BCUT2D eigenvalue weighted by Crippen LogP contribution is -2.37. The second kappa shape index (κ2) is 9.56. The predicted octanol–water partition coefficient (Wildman–Crippen LogP) is 1.62. The van der Waals surface area contributed by atoms with E-state index in [1.807, 2.05) is 13.0 Å². The number of morpholine rings is 1. The second-order valence-electron chi connectivity index (χ2n) is 7.81. The van der Waals surface area contributed by atoms with Crippen LogP contribution in [0, 0.1) is 0 Å². The Hall–Kier alpha value is -3.14. The molecular weight excluding hydrogens is 416 g/mol. The number of carbonyl (C=O) groups is 2. The van der Waals surface area contributed by atoms with Gasteiger partial charge in [-0.2, -0.15) is 0 Å². The Morgan fingerprint density at radius 1 is 1.22 bits per heavy atom. The van der Waals surface area contributed by atoms with Crippen molar-refractivity contribution in [3.8, 4) is 5.75 Å². The summed E-state index contributed by atoms with van der Waals surface area (Å²) in [5, 5.41) is 0. The molecule has 2 aliphatic heterocycles. The Labute approximate surface area is 185 Å². The summed E-state index contributed by atoms with van der Waals surface area (Å²) < 4.78 is 17.4. The zero-order valence-electron chi connectivity index (χ0n) is 18.5. The van der Waals surface area contributed by atoms with Crippen molar-refractivity contribution in [3.05, 3.63) is 28.3 Å². The highest BCUT2D eigenvalue weighted by molar-refractivity contribution is 6.00. The lowest BCUT2D eigenvalue weighted by molar-refractivity contribution is -0.117. The Morgan fingerprint density at radius 2 is 2.00 bits per heavy atom. The molecule has 0 atom stereocenters. The number of rotatable bonds is 7. The standard InChI is InChI=1S/C22H28N4O6/c1-3-4-10-32-19-18(22(29)30-2)23-20-16(25-7-5-6-17(25)27)13-15(14-26(20)21(19)28)24-8-11-31-12-9-24/h13-14H,3-12H2,1-2H3. The summed E-state index contributed by atoms with van der Waals surface area (Å²) in [5.74, 6) is -0.934. The van der Waals surface area contributed by atoms with E-state index in [9.17, 15) is 14.4 Å². The summed E-state index contributed by atoms with van der Waals surface area (Å²) in [5.41, 5.74) is 0.823. The number of nitrogens with zero attached hydrogens (tertiary/aromatic N) is 4. The largest absolute Gasteiger partial charge is 0.486 e. The number of esters is 1. The van der Waals surface area contributed by atoms with Crippen LogP contribution in [0.2, 0.25) is 0 Å². The summed E-state index contributed by atoms with van der Waals surface area (Å²) in [4.78, 5) is 46.7. The molecular formula is C22H28N4O6. The van der Waals surface area contributed by atoms with E-state index in [2.05, 4.69) is 9.88 Å². The molecule has 32 heavy (non-hydrogen) atoms. The fourth-order valence-electron chi connectivity index (χ4n) is 3.97. The van der Waals surface area contributed by atoms with Crippen molar-refractivity contribution in [3.63, 3.8) is 0 Å². The van der Waals surface area contributed by atoms with E-state index in [1.54, 1.807) is 11.1 Å². The van der Waals surface area contributed by atoms with Gasteiger partial charge in [0.25, 0.3) is 0 Å². The number of ether oxygens (including phenoxy) is 3. The number of anilines is 2. The van der Waals surface area contributed by atoms with Gasteiger partial charge in [0.05, 0.1) is 38.3 Å². The Balaban J connectivity index is 1.94. The van der Waals surface area contributed by atoms with E-state index in [0.717, 1.165) is 24.9 Å². The van der Waals surface area contributed by atoms with E-state index in [-0.39, 0.29) is 29.6 Å². The lowest BCUT2D eigenvalue weighted by atomic mass is 10.2. The highest BCUT2D eigenvalue weighted by Crippen LogP contribution is 2.31. The second-order valence-corrected chi connectivity index (χ2v) is 7.81. The third-order valence-electron chi connectivity index (χ3n) is 5.71. The molecule has 2 fully saturated rings. The lowest BCUT2D eigenvalue weighted by Gasteiger charge is -2.30. The molecule has 0 radical (unpaired) electrons. The highest BCUT2D eigenvalue weighted by Gasteiger charge is 2.29. The number of pyridine rings is 1. The van der Waals surface area contributed by atoms with Gasteiger partial charge in [0.2, 0.25) is 11.7 Å². The first-order valence-electron chi connectivity index (χ1n) is 11.0. The number of fused-ring (bicyclic) bond motifs is 1. The van der Waals surface area contributed by atoms with Crippen molar-refractivity contribution in [2.45, 2.75) is 32.6 Å². The van der Waals surface area contributed by atoms with Gasteiger partial charge in [-0.25, -0.2) is 9.78 Å². The SMILES string of the molecule is CCCCOc1c(C(=O)OC)nc2c(N3CCCC3=O)cc(N3CCOCC3)cn2c1=O. The molecule has 0 bridgehead atoms. The molecule has 0 aliphatic carbocycles. The van der Waals surface area contributed by atoms with E-state index in [1.165, 1.54) is 11.5 Å². The van der Waals surface area contributed by atoms with E-state index in [0.29, 0.717) is 45.0 Å². The molecule has 0 spiro atoms. The van der Waals surface area contributed by atoms with E-state index >= 15 is 0 Å². The molecule has 0 aromatic carbocycles. The van der Waals surface area contributed by atoms with Gasteiger partial charge in [-0.05, 0) is 18.9 Å². The fourth-order valence-corrected chi connectivity index (χ4v) is 3.97. The Bertz CT molecular complexity index is 1080. The van der Waals surface area contributed by atoms with Crippen molar-refractivity contribution in [2.75, 3.05) is 56.4 Å². The monoisotopic (exact) mass is 444 g/mol. The number of amides is 1. The van der Waals surface area contributed by atoms with Gasteiger partial charge >= 0.3 is 11.5 Å². The number of aromatic nitrogens is 2. The average molecular weight is 444 g/mol. The maximum absolute atomic E-state index is 13.5. The summed E-state index contributed by atoms with van der Waals surface area (Å²) in [6, 6.07) is 1.86. The third-order valence-corrected chi connectivity index (χ3v) is 5.71. The number of methoxy groups -OCH3 is 1. The van der Waals surface area contributed by atoms with Gasteiger partial charge in [0.15, 0.2) is 11.3 Å². The van der Waals surface area contributed by atoms with Crippen molar-refractivity contribution in [2.24, 2.45) is 0 Å². The van der Waals surface area contributed by atoms with Crippen LogP contribution in [0.4, 0.5) is 11.4 Å². The number of hydrogen-bond acceptors (Lipinski definition) is 8. The molecule has 2 aromatic rings. The van der Waals surface area contributed by atoms with Gasteiger partial charge < -0.3 is 24.0 Å². The molecule has 0 N–H and O–H groups in total. The van der Waals surface area contributed by atoms with Crippen LogP contribution in [0.1, 0.15) is 43.1 Å². The molecule has 4 heterocycles. The summed E-state index contributed by atoms with van der Waals surface area (Å²) in [6.45, 7) is 5.31. The summed E-state index contributed by atoms with van der Waals surface area (Å²) in [7, 11) is 1.23. The van der Waals surface area contributed by atoms with E-state index < -0.39 is 11.5 Å². The third kappa shape index (κ3) is 4.14. The van der Waals surface area contributed by atoms with Gasteiger partial charge in [-0.15, -0.1) is 0 Å². The Kier molecular flexibility index (Phi) is 6.59. The number of hydrogen-bond donors (Lipinski definition) is 0. The topological polar surface area (TPSA) is 103 Å². The molecule has 4 rings (SSSR count). The molecule has 2 aromatic heterocycles. The van der Waals surface area contributed by atoms with Gasteiger partial charge in [0.1, 0.15) is 0 Å². The van der Waals surface area contributed by atoms with Crippen molar-refractivity contribution < 1.29 is 23.8 Å². The van der Waals surface area contributed by atoms with E-state index in [4.69, 9.17) is 14.2 Å². The maximum atomic E-state index is 13.5. The maximum Gasteiger partial charge on any atom is 0.360 e. The van der Waals surface area contributed by atoms with Crippen molar-refractivity contribution in [1.29, 1.82) is 0 Å². The van der Waals surface area contributed by atoms with Crippen molar-refractivity contribution in [1.82, 2.24) is 9.38 Å². The zero-order chi connectivity index (χ0) is 22.7. The predicted molar refractivity (Wildman–Crippen MR) is 118 cm³/mol. The minimum absolute atomic E-state index is 0.0387. The highest BCUT2D eigenvalue weighted by atomic mass is 16.5. The first-order valence-corrected chi connectivity index (χ1v) is 11.0. The van der Waals surface area contributed by atoms with Crippen LogP contribution in [-0.4, -0.2) is 67.8 Å². The van der Waals surface area contributed by atoms with Gasteiger partial charge in [-0.1, -0.05) is 13.3 Å². The van der Waals surface area contributed by atoms with Crippen LogP contribution < -0.4 is 20.1 Å². The van der Waals surface area contributed by atoms with Crippen LogP contribution in [0.5, 0.6) is 5.75 Å². The minimum Gasteiger partial charge on any atom is -0.486 e. The van der Waals surface area contributed by atoms with Gasteiger partial charge in [-0.3, -0.25) is 14.0 Å². The van der Waals surface area contributed by atoms with Gasteiger partial charge in [0, 0.05) is 32.3 Å². The van der Waals surface area contributed by atoms with Crippen LogP contribution >= 0.6 is 0 Å². The molecule has 10 heteroatoms. The number of carbonyl (C=O) groups excluding carboxylic acids is 2.